The number of hydrogen-bond donors (Lipinski definition) is 6. The molecule has 26 nitrogen and oxygen atoms in total. The molecule has 13 rings (SSSR count). The summed E-state index contributed by atoms with van der Waals surface area (Å²) in [6.07, 6.45) is 4.03. The van der Waals surface area contributed by atoms with Crippen LogP contribution in [0.4, 0.5) is 78.1 Å². The molecule has 0 amide bonds. The van der Waals surface area contributed by atoms with Crippen molar-refractivity contribution in [2.45, 2.75) is 95.6 Å². The van der Waals surface area contributed by atoms with E-state index in [1.165, 1.54) is 75.2 Å². The molecule has 4 aliphatic heterocycles. The van der Waals surface area contributed by atoms with Crippen LogP contribution in [-0.4, -0.2) is 216 Å². The number of anilines is 9. The maximum absolute atomic E-state index is 13.1. The van der Waals surface area contributed by atoms with Gasteiger partial charge in [0.25, 0.3) is 10.1 Å². The van der Waals surface area contributed by atoms with Gasteiger partial charge in [0.05, 0.1) is 91.0 Å². The van der Waals surface area contributed by atoms with E-state index in [9.17, 15) is 43.9 Å². The maximum Gasteiger partial charge on any atom is 0.419 e. The van der Waals surface area contributed by atoms with Crippen LogP contribution >= 0.6 is 59.1 Å². The SMILES string of the molecule is CCCCO.COc1cc(N)c(C)cc1N1CCC(N2CCN(C)CC2)CC1.COc1cc(Nc2ncc(Br)c(Nc3ccc(-n4cc(C(F)(F)F)cn4)cc3P=O)n2)c(C)cc1N1CCC(N2CCN(C)CC2)CC1.CP(C)(=O)c1cc(-n2cc(C(F)(F)F)cn2)ccc1Nc1nc(Cl)ncc1Br.Cc1ccc(S(=O)(=O)O)cc1. The lowest BCUT2D eigenvalue weighted by Crippen LogP contribution is -2.52. The van der Waals surface area contributed by atoms with Gasteiger partial charge in [-0.15, -0.1) is 0 Å². The predicted molar refractivity (Wildman–Crippen MR) is 449 cm³/mol. The Balaban J connectivity index is 0.000000191. The molecular formula is C77H97Br2ClF6N18O8P2S. The Morgan fingerprint density at radius 1 is 0.626 bits per heavy atom. The van der Waals surface area contributed by atoms with Crippen molar-refractivity contribution in [3.63, 3.8) is 0 Å². The highest BCUT2D eigenvalue weighted by Crippen LogP contribution is 2.42. The third-order valence-corrected chi connectivity index (χ3v) is 24.2. The third-order valence-electron chi connectivity index (χ3n) is 19.8. The molecule has 4 saturated heterocycles. The van der Waals surface area contributed by atoms with Gasteiger partial charge in [0.1, 0.15) is 30.3 Å². The van der Waals surface area contributed by atoms with Gasteiger partial charge in [0, 0.05) is 151 Å². The lowest BCUT2D eigenvalue weighted by molar-refractivity contribution is -0.138. The fourth-order valence-electron chi connectivity index (χ4n) is 13.1. The van der Waals surface area contributed by atoms with E-state index in [-0.39, 0.29) is 18.6 Å². The number of unbranched alkanes of at least 4 members (excludes halogenated alkanes) is 1. The standard InChI is InChI=1S/C32H36BrF3N9O2P.C18H30N4O.C16H13BrClF3N5OP.C7H8O3S.C4H10O/c1-20-14-27(44-8-6-22(7-9-44)43-12-10-42(2)11-13-43)28(47-3)16-26(20)40-31-37-18-24(33)30(41-31)39-25-5-4-23(15-29(25)48-46)45-19-21(17-38-45)32(34,35)36;1-14-12-17(18(23-3)13-16(14)19)22-6-4-15(5-7-22)21-10-8-20(2)9-11-21;1-28(2,27)13-5-10(26-8-9(6-23-26)16(19,20)21)3-4-12(13)24-14-11(17)7-22-15(18)25-14;1-6-2-4-7(5-3-6)11(8,9)10;1-2-3-4-5/h4-5,14-19,22H,6-13H2,1-3H3,(H2,37,39,40,41);12-13,15H,4-11,19H2,1-3H3;3-8H,1-2H3,(H,22,24,25);2-5H,1H3,(H,8,9,10);5H,2-4H2,1H3. The molecule has 115 heavy (non-hydrogen) atoms. The Bertz CT molecular complexity index is 4910. The number of aliphatic hydroxyl groups is 1. The number of likely N-dealkylation sites (N-methyl/N-ethyl adjacent to an activating group) is 2. The number of halogens is 9. The largest absolute Gasteiger partial charge is 0.495 e. The third kappa shape index (κ3) is 25.5. The van der Waals surface area contributed by atoms with E-state index in [0.717, 1.165) is 163 Å². The first kappa shape index (κ1) is 90.9. The van der Waals surface area contributed by atoms with E-state index in [2.05, 4.69) is 147 Å². The topological polar surface area (TPSA) is 296 Å². The zero-order valence-corrected chi connectivity index (χ0v) is 72.1. The lowest BCUT2D eigenvalue weighted by Gasteiger charge is -2.42. The highest BCUT2D eigenvalue weighted by atomic mass is 79.9. The number of aryl methyl sites for hydroxylation is 3. The van der Waals surface area contributed by atoms with E-state index in [0.29, 0.717) is 72.5 Å². The van der Waals surface area contributed by atoms with Crippen LogP contribution in [0.1, 0.15) is 73.3 Å². The number of aliphatic hydroxyl groups excluding tert-OH is 1. The minimum absolute atomic E-state index is 0.0243. The molecule has 7 N–H and O–H groups in total. The minimum Gasteiger partial charge on any atom is -0.495 e. The molecule has 4 aromatic heterocycles. The summed E-state index contributed by atoms with van der Waals surface area (Å²) in [6.45, 7) is 24.9. The second-order valence-electron chi connectivity index (χ2n) is 28.5. The molecule has 0 bridgehead atoms. The van der Waals surface area contributed by atoms with Gasteiger partial charge in [-0.05, 0) is 196 Å². The van der Waals surface area contributed by atoms with Crippen LogP contribution in [0.15, 0.2) is 136 Å². The number of piperidine rings is 2. The lowest BCUT2D eigenvalue weighted by atomic mass is 10.0. The number of rotatable bonds is 19. The summed E-state index contributed by atoms with van der Waals surface area (Å²) < 4.78 is 147. The first-order chi connectivity index (χ1) is 54.5. The van der Waals surface area contributed by atoms with E-state index in [1.807, 2.05) is 26.0 Å². The van der Waals surface area contributed by atoms with Crippen molar-refractivity contribution in [2.24, 2.45) is 0 Å². The van der Waals surface area contributed by atoms with Crippen molar-refractivity contribution in [2.75, 3.05) is 158 Å². The smallest absolute Gasteiger partial charge is 0.419 e. The number of nitrogens with two attached hydrogens (primary N) is 1. The van der Waals surface area contributed by atoms with Crippen molar-refractivity contribution in [3.05, 3.63) is 164 Å². The monoisotopic (exact) mass is 1800 g/mol. The Morgan fingerprint density at radius 3 is 1.55 bits per heavy atom. The Morgan fingerprint density at radius 2 is 1.10 bits per heavy atom. The molecule has 8 heterocycles. The molecule has 5 aromatic carbocycles. The number of nitrogen functional groups attached to an aromatic ring is 1. The molecule has 0 atom stereocenters. The zero-order chi connectivity index (χ0) is 83.7. The van der Waals surface area contributed by atoms with Gasteiger partial charge in [-0.2, -0.15) is 54.9 Å². The summed E-state index contributed by atoms with van der Waals surface area (Å²) >= 11 is 12.6. The van der Waals surface area contributed by atoms with Crippen LogP contribution in [-0.2, 0) is 31.6 Å². The zero-order valence-electron chi connectivity index (χ0n) is 65.5. The quantitative estimate of drug-likeness (QED) is 0.0144. The van der Waals surface area contributed by atoms with Crippen LogP contribution in [0.25, 0.3) is 11.4 Å². The Kier molecular flexibility index (Phi) is 32.3. The molecule has 4 aliphatic rings. The number of benzene rings is 5. The van der Waals surface area contributed by atoms with Crippen LogP contribution < -0.4 is 51.6 Å². The number of aromatic nitrogens is 8. The molecule has 0 unspecified atom stereocenters. The Labute approximate surface area is 690 Å². The number of methoxy groups -OCH3 is 2. The average Bonchev–Trinajstić information content (AvgIpc) is 1.78. The van der Waals surface area contributed by atoms with Crippen LogP contribution in [0.2, 0.25) is 5.28 Å². The highest BCUT2D eigenvalue weighted by Gasteiger charge is 2.35. The van der Waals surface area contributed by atoms with Gasteiger partial charge < -0.3 is 60.4 Å². The summed E-state index contributed by atoms with van der Waals surface area (Å²) in [6, 6.07) is 24.9. The summed E-state index contributed by atoms with van der Waals surface area (Å²) in [4.78, 5) is 31.9. The van der Waals surface area contributed by atoms with Crippen LogP contribution in [0.3, 0.4) is 0 Å². The normalized spacial score (nSPS) is 15.8. The maximum atomic E-state index is 13.1. The molecule has 38 heteroatoms. The fourth-order valence-corrected chi connectivity index (χ4v) is 15.9. The molecule has 0 saturated carbocycles. The van der Waals surface area contributed by atoms with E-state index < -0.39 is 40.7 Å². The minimum atomic E-state index is -4.52. The Hall–Kier alpha value is -8.05. The molecule has 4 fully saturated rings. The van der Waals surface area contributed by atoms with Crippen molar-refractivity contribution in [3.8, 4) is 22.9 Å². The van der Waals surface area contributed by atoms with Gasteiger partial charge >= 0.3 is 12.4 Å². The summed E-state index contributed by atoms with van der Waals surface area (Å²) in [5.41, 5.74) is 12.8. The highest BCUT2D eigenvalue weighted by molar-refractivity contribution is 9.11. The second-order valence-corrected chi connectivity index (χ2v) is 35.8. The predicted octanol–water partition coefficient (Wildman–Crippen LogP) is 15.3. The van der Waals surface area contributed by atoms with E-state index in [1.54, 1.807) is 70.1 Å². The van der Waals surface area contributed by atoms with Gasteiger partial charge in [-0.3, -0.25) is 18.9 Å². The molecule has 622 valence electrons. The number of nitrogens with zero attached hydrogens (tertiary/aromatic N) is 14. The van der Waals surface area contributed by atoms with Crippen molar-refractivity contribution >= 4 is 131 Å². The van der Waals surface area contributed by atoms with Gasteiger partial charge in [0.15, 0.2) is 8.46 Å². The van der Waals surface area contributed by atoms with Crippen LogP contribution in [0, 0.1) is 20.8 Å². The first-order valence-electron chi connectivity index (χ1n) is 37.0. The second kappa shape index (κ2) is 40.9. The molecule has 0 aliphatic carbocycles. The van der Waals surface area contributed by atoms with E-state index in [4.69, 9.17) is 36.5 Å². The number of piperazine rings is 2. The summed E-state index contributed by atoms with van der Waals surface area (Å²) in [5.74, 6) is 2.73. The van der Waals surface area contributed by atoms with Gasteiger partial charge in [0.2, 0.25) is 11.2 Å². The van der Waals surface area contributed by atoms with E-state index >= 15 is 0 Å². The van der Waals surface area contributed by atoms with Crippen molar-refractivity contribution in [1.82, 2.24) is 59.1 Å². The number of hydrogen-bond acceptors (Lipinski definition) is 23. The average molecular weight is 1810 g/mol. The molecule has 9 aromatic rings. The molecule has 0 spiro atoms. The number of alkyl halides is 6. The first-order valence-corrected chi connectivity index (χ1v) is 43.8. The van der Waals surface area contributed by atoms with Gasteiger partial charge in [-0.1, -0.05) is 31.0 Å². The molecule has 0 radical (unpaired) electrons. The van der Waals surface area contributed by atoms with Crippen molar-refractivity contribution < 1.29 is 63.0 Å². The number of nitrogens with one attached hydrogen (secondary N) is 3. The fraction of sp³-hybridized carbons (Fsp3) is 0.429. The number of ether oxygens (including phenoxy) is 2. The summed E-state index contributed by atoms with van der Waals surface area (Å²) in [5, 5.41) is 25.9. The van der Waals surface area contributed by atoms with Crippen molar-refractivity contribution in [1.29, 1.82) is 0 Å². The van der Waals surface area contributed by atoms with Crippen LogP contribution in [0.5, 0.6) is 11.5 Å². The molecular weight excluding hydrogens is 1710 g/mol. The summed E-state index contributed by atoms with van der Waals surface area (Å²) in [7, 11) is 0.632. The van der Waals surface area contributed by atoms with Gasteiger partial charge in [-0.25, -0.2) is 19.3 Å².